The summed E-state index contributed by atoms with van der Waals surface area (Å²) >= 11 is 1.29. The van der Waals surface area contributed by atoms with Crippen molar-refractivity contribution in [2.45, 2.75) is 32.6 Å². The van der Waals surface area contributed by atoms with Crippen molar-refractivity contribution in [3.05, 3.63) is 50.3 Å². The van der Waals surface area contributed by atoms with E-state index in [1.807, 2.05) is 5.38 Å². The number of nitrogens with one attached hydrogen (secondary N) is 2. The fourth-order valence-electron chi connectivity index (χ4n) is 2.49. The number of amides is 1. The molecule has 3 rings (SSSR count). The van der Waals surface area contributed by atoms with Gasteiger partial charge in [-0.25, -0.2) is 4.79 Å². The van der Waals surface area contributed by atoms with Crippen LogP contribution in [-0.2, 0) is 4.74 Å². The molecule has 0 saturated heterocycles. The van der Waals surface area contributed by atoms with E-state index in [0.717, 1.165) is 18.4 Å². The number of H-pyrrole nitrogens is 1. The van der Waals surface area contributed by atoms with Gasteiger partial charge in [-0.3, -0.25) is 9.59 Å². The standard InChI is InChI=1S/C17H18N2O4S/c1-3-23-17(22)14-12(10-4-5-10)8-24-16(14)19-15(21)11-7-18-9(2)6-13(11)20/h6-8,10H,3-5H2,1-2H3,(H,18,20)(H,19,21). The molecule has 0 spiro atoms. The van der Waals surface area contributed by atoms with Crippen LogP contribution in [-0.4, -0.2) is 23.5 Å². The van der Waals surface area contributed by atoms with E-state index >= 15 is 0 Å². The molecule has 0 radical (unpaired) electrons. The van der Waals surface area contributed by atoms with E-state index < -0.39 is 11.9 Å². The number of carbonyl (C=O) groups is 2. The van der Waals surface area contributed by atoms with E-state index in [-0.39, 0.29) is 17.6 Å². The molecule has 2 aromatic heterocycles. The van der Waals surface area contributed by atoms with Crippen LogP contribution in [0.4, 0.5) is 5.00 Å². The van der Waals surface area contributed by atoms with Gasteiger partial charge in [-0.15, -0.1) is 11.3 Å². The largest absolute Gasteiger partial charge is 0.462 e. The first-order chi connectivity index (χ1) is 11.5. The minimum absolute atomic E-state index is 0.0109. The molecule has 0 aromatic carbocycles. The minimum Gasteiger partial charge on any atom is -0.462 e. The van der Waals surface area contributed by atoms with Gasteiger partial charge >= 0.3 is 5.97 Å². The highest BCUT2D eigenvalue weighted by molar-refractivity contribution is 7.15. The molecule has 1 saturated carbocycles. The number of hydrogen-bond acceptors (Lipinski definition) is 5. The number of anilines is 1. The van der Waals surface area contributed by atoms with Crippen molar-refractivity contribution in [2.75, 3.05) is 11.9 Å². The molecule has 0 bridgehead atoms. The third-order valence-electron chi connectivity index (χ3n) is 3.85. The van der Waals surface area contributed by atoms with E-state index in [1.54, 1.807) is 13.8 Å². The Morgan fingerprint density at radius 2 is 2.17 bits per heavy atom. The summed E-state index contributed by atoms with van der Waals surface area (Å²) in [6.45, 7) is 3.75. The van der Waals surface area contributed by atoms with E-state index in [1.165, 1.54) is 23.6 Å². The predicted molar refractivity (Wildman–Crippen MR) is 92.0 cm³/mol. The number of aromatic amines is 1. The highest BCUT2D eigenvalue weighted by atomic mass is 32.1. The fourth-order valence-corrected chi connectivity index (χ4v) is 3.52. The number of ether oxygens (including phenoxy) is 1. The van der Waals surface area contributed by atoms with Crippen molar-refractivity contribution < 1.29 is 14.3 Å². The second kappa shape index (κ2) is 6.60. The molecule has 7 heteroatoms. The number of esters is 1. The number of hydrogen-bond donors (Lipinski definition) is 2. The zero-order chi connectivity index (χ0) is 17.3. The van der Waals surface area contributed by atoms with Crippen LogP contribution >= 0.6 is 11.3 Å². The number of pyridine rings is 1. The highest BCUT2D eigenvalue weighted by Gasteiger charge is 2.32. The maximum atomic E-state index is 12.4. The molecular weight excluding hydrogens is 328 g/mol. The van der Waals surface area contributed by atoms with Crippen LogP contribution in [0.1, 0.15) is 57.7 Å². The van der Waals surface area contributed by atoms with Gasteiger partial charge in [0.15, 0.2) is 5.43 Å². The lowest BCUT2D eigenvalue weighted by molar-refractivity contribution is 0.0527. The molecule has 1 fully saturated rings. The topological polar surface area (TPSA) is 88.3 Å². The van der Waals surface area contributed by atoms with Crippen molar-refractivity contribution in [3.63, 3.8) is 0 Å². The van der Waals surface area contributed by atoms with Crippen molar-refractivity contribution in [1.29, 1.82) is 0 Å². The third kappa shape index (κ3) is 3.26. The van der Waals surface area contributed by atoms with Crippen LogP contribution in [0.15, 0.2) is 22.4 Å². The third-order valence-corrected chi connectivity index (χ3v) is 4.76. The van der Waals surface area contributed by atoms with Crippen LogP contribution in [0.2, 0.25) is 0 Å². The maximum absolute atomic E-state index is 12.4. The molecule has 6 nitrogen and oxygen atoms in total. The first-order valence-electron chi connectivity index (χ1n) is 7.80. The highest BCUT2D eigenvalue weighted by Crippen LogP contribution is 2.46. The number of carbonyl (C=O) groups excluding carboxylic acids is 2. The Morgan fingerprint density at radius 3 is 2.79 bits per heavy atom. The lowest BCUT2D eigenvalue weighted by Crippen LogP contribution is -2.22. The number of aromatic nitrogens is 1. The van der Waals surface area contributed by atoms with E-state index in [9.17, 15) is 14.4 Å². The van der Waals surface area contributed by atoms with Gasteiger partial charge in [0.25, 0.3) is 5.91 Å². The van der Waals surface area contributed by atoms with Crippen LogP contribution in [0.25, 0.3) is 0 Å². The Labute approximate surface area is 142 Å². The Hall–Kier alpha value is -2.41. The maximum Gasteiger partial charge on any atom is 0.341 e. The molecule has 0 aliphatic heterocycles. The molecule has 126 valence electrons. The molecule has 2 heterocycles. The van der Waals surface area contributed by atoms with Crippen LogP contribution in [0.5, 0.6) is 0 Å². The summed E-state index contributed by atoms with van der Waals surface area (Å²) in [7, 11) is 0. The predicted octanol–water partition coefficient (Wildman–Crippen LogP) is 3.05. The summed E-state index contributed by atoms with van der Waals surface area (Å²) in [4.78, 5) is 39.5. The molecular formula is C17H18N2O4S. The van der Waals surface area contributed by atoms with Crippen molar-refractivity contribution in [1.82, 2.24) is 4.98 Å². The second-order valence-electron chi connectivity index (χ2n) is 5.74. The SMILES string of the molecule is CCOC(=O)c1c(C2CC2)csc1NC(=O)c1c[nH]c(C)cc1=O. The van der Waals surface area contributed by atoms with Crippen LogP contribution in [0, 0.1) is 6.92 Å². The average molecular weight is 346 g/mol. The molecule has 2 aromatic rings. The molecule has 0 atom stereocenters. The molecule has 1 aliphatic rings. The van der Waals surface area contributed by atoms with Crippen molar-refractivity contribution in [3.8, 4) is 0 Å². The molecule has 24 heavy (non-hydrogen) atoms. The summed E-state index contributed by atoms with van der Waals surface area (Å²) in [6.07, 6.45) is 3.45. The van der Waals surface area contributed by atoms with Gasteiger partial charge in [-0.05, 0) is 43.6 Å². The molecule has 0 unspecified atom stereocenters. The van der Waals surface area contributed by atoms with Gasteiger partial charge in [-0.2, -0.15) is 0 Å². The van der Waals surface area contributed by atoms with Crippen molar-refractivity contribution >= 4 is 28.2 Å². The monoisotopic (exact) mass is 346 g/mol. The smallest absolute Gasteiger partial charge is 0.341 e. The van der Waals surface area contributed by atoms with Gasteiger partial charge in [-0.1, -0.05) is 0 Å². The summed E-state index contributed by atoms with van der Waals surface area (Å²) in [5, 5.41) is 5.01. The Morgan fingerprint density at radius 1 is 1.42 bits per heavy atom. The van der Waals surface area contributed by atoms with Gasteiger partial charge < -0.3 is 15.0 Å². The average Bonchev–Trinajstić information content (AvgIpc) is 3.28. The number of rotatable bonds is 5. The lowest BCUT2D eigenvalue weighted by Gasteiger charge is -2.08. The molecule has 1 amide bonds. The molecule has 1 aliphatic carbocycles. The summed E-state index contributed by atoms with van der Waals surface area (Å²) < 4.78 is 5.12. The minimum atomic E-state index is -0.536. The van der Waals surface area contributed by atoms with Crippen molar-refractivity contribution in [2.24, 2.45) is 0 Å². The normalized spacial score (nSPS) is 13.6. The summed E-state index contributed by atoms with van der Waals surface area (Å²) in [5.74, 6) is -0.617. The first kappa shape index (κ1) is 16.4. The van der Waals surface area contributed by atoms with Gasteiger partial charge in [0, 0.05) is 18.0 Å². The van der Waals surface area contributed by atoms with E-state index in [2.05, 4.69) is 10.3 Å². The first-order valence-corrected chi connectivity index (χ1v) is 8.68. The van der Waals surface area contributed by atoms with Gasteiger partial charge in [0.2, 0.25) is 0 Å². The van der Waals surface area contributed by atoms with E-state index in [0.29, 0.717) is 22.2 Å². The van der Waals surface area contributed by atoms with Crippen LogP contribution < -0.4 is 10.7 Å². The Kier molecular flexibility index (Phi) is 4.53. The zero-order valence-electron chi connectivity index (χ0n) is 13.5. The van der Waals surface area contributed by atoms with Crippen LogP contribution in [0.3, 0.4) is 0 Å². The number of aryl methyl sites for hydroxylation is 1. The van der Waals surface area contributed by atoms with Gasteiger partial charge in [0.05, 0.1) is 12.2 Å². The summed E-state index contributed by atoms with van der Waals surface area (Å²) in [5.41, 5.74) is 1.67. The molecule has 2 N–H and O–H groups in total. The second-order valence-corrected chi connectivity index (χ2v) is 6.62. The summed E-state index contributed by atoms with van der Waals surface area (Å²) in [6, 6.07) is 1.37. The Bertz CT molecular complexity index is 849. The fraction of sp³-hybridized carbons (Fsp3) is 0.353. The van der Waals surface area contributed by atoms with E-state index in [4.69, 9.17) is 4.74 Å². The lowest BCUT2D eigenvalue weighted by atomic mass is 10.1. The Balaban J connectivity index is 1.90. The quantitative estimate of drug-likeness (QED) is 0.815. The van der Waals surface area contributed by atoms with Gasteiger partial charge in [0.1, 0.15) is 10.6 Å². The number of thiophene rings is 1. The zero-order valence-corrected chi connectivity index (χ0v) is 14.3.